The summed E-state index contributed by atoms with van der Waals surface area (Å²) < 4.78 is 39.7. The van der Waals surface area contributed by atoms with Crippen molar-refractivity contribution in [3.05, 3.63) is 69.9 Å². The standard InChI is InChI=1S/C21H17ClF2N2O4/c1-3-29-20-13-6-4-5-12(17(13)14(22)9-26-20)19(27)18-15(23)7-11(8-16(18)24)10(2)30-21(25)28/h4-10H,3H2,1-2H3,(H2,25,28)/t10-/m0/s1. The van der Waals surface area contributed by atoms with E-state index in [0.717, 1.165) is 12.1 Å². The predicted octanol–water partition coefficient (Wildman–Crippen LogP) is 4.95. The maximum absolute atomic E-state index is 14.7. The fraction of sp³-hybridized carbons (Fsp3) is 0.190. The number of aromatic nitrogens is 1. The first-order chi connectivity index (χ1) is 14.2. The maximum atomic E-state index is 14.7. The van der Waals surface area contributed by atoms with Gasteiger partial charge in [-0.15, -0.1) is 0 Å². The average molecular weight is 435 g/mol. The molecule has 3 rings (SSSR count). The maximum Gasteiger partial charge on any atom is 0.405 e. The molecule has 0 bridgehead atoms. The minimum absolute atomic E-state index is 0.00663. The highest BCUT2D eigenvalue weighted by Crippen LogP contribution is 2.34. The zero-order valence-electron chi connectivity index (χ0n) is 16.0. The van der Waals surface area contributed by atoms with Gasteiger partial charge in [0, 0.05) is 16.3 Å². The second-order valence-electron chi connectivity index (χ2n) is 6.34. The van der Waals surface area contributed by atoms with Crippen LogP contribution in [-0.4, -0.2) is 23.5 Å². The molecule has 156 valence electrons. The van der Waals surface area contributed by atoms with E-state index in [-0.39, 0.29) is 27.4 Å². The van der Waals surface area contributed by atoms with Gasteiger partial charge in [-0.05, 0) is 37.6 Å². The van der Waals surface area contributed by atoms with Gasteiger partial charge in [-0.1, -0.05) is 23.7 Å². The molecule has 0 unspecified atom stereocenters. The van der Waals surface area contributed by atoms with Crippen molar-refractivity contribution in [2.75, 3.05) is 6.61 Å². The summed E-state index contributed by atoms with van der Waals surface area (Å²) >= 11 is 6.24. The van der Waals surface area contributed by atoms with Crippen molar-refractivity contribution in [3.63, 3.8) is 0 Å². The predicted molar refractivity (Wildman–Crippen MR) is 107 cm³/mol. The molecule has 6 nitrogen and oxygen atoms in total. The first-order valence-corrected chi connectivity index (χ1v) is 9.32. The molecular formula is C21H17ClF2N2O4. The smallest absolute Gasteiger partial charge is 0.405 e. The summed E-state index contributed by atoms with van der Waals surface area (Å²) in [6, 6.07) is 6.45. The number of rotatable bonds is 6. The Morgan fingerprint density at radius 1 is 1.23 bits per heavy atom. The fourth-order valence-electron chi connectivity index (χ4n) is 3.10. The van der Waals surface area contributed by atoms with Crippen LogP contribution < -0.4 is 10.5 Å². The molecule has 1 amide bonds. The van der Waals surface area contributed by atoms with Crippen LogP contribution in [0.1, 0.15) is 41.4 Å². The van der Waals surface area contributed by atoms with E-state index in [0.29, 0.717) is 12.0 Å². The van der Waals surface area contributed by atoms with Crippen molar-refractivity contribution in [3.8, 4) is 5.88 Å². The van der Waals surface area contributed by atoms with Crippen LogP contribution >= 0.6 is 11.6 Å². The van der Waals surface area contributed by atoms with E-state index in [1.807, 2.05) is 0 Å². The van der Waals surface area contributed by atoms with Crippen molar-refractivity contribution in [1.29, 1.82) is 0 Å². The Balaban J connectivity index is 2.13. The molecule has 1 atom stereocenters. The van der Waals surface area contributed by atoms with Gasteiger partial charge in [-0.2, -0.15) is 0 Å². The Labute approximate surface area is 175 Å². The summed E-state index contributed by atoms with van der Waals surface area (Å²) in [5.74, 6) is -2.87. The summed E-state index contributed by atoms with van der Waals surface area (Å²) in [7, 11) is 0. The lowest BCUT2D eigenvalue weighted by molar-refractivity contribution is 0.102. The summed E-state index contributed by atoms with van der Waals surface area (Å²) in [6.45, 7) is 3.50. The summed E-state index contributed by atoms with van der Waals surface area (Å²) in [5, 5.41) is 0.852. The summed E-state index contributed by atoms with van der Waals surface area (Å²) in [6.07, 6.45) is -0.778. The molecule has 0 aliphatic rings. The lowest BCUT2D eigenvalue weighted by Gasteiger charge is -2.15. The first kappa shape index (κ1) is 21.4. The number of carbonyl (C=O) groups is 2. The Bertz CT molecular complexity index is 1130. The molecule has 0 aliphatic heterocycles. The molecular weight excluding hydrogens is 418 g/mol. The molecule has 0 saturated carbocycles. The van der Waals surface area contributed by atoms with Gasteiger partial charge in [0.1, 0.15) is 17.7 Å². The van der Waals surface area contributed by atoms with E-state index < -0.39 is 35.2 Å². The molecule has 30 heavy (non-hydrogen) atoms. The van der Waals surface area contributed by atoms with Crippen LogP contribution in [0.5, 0.6) is 5.88 Å². The highest BCUT2D eigenvalue weighted by molar-refractivity contribution is 6.37. The van der Waals surface area contributed by atoms with Crippen LogP contribution in [0.4, 0.5) is 13.6 Å². The zero-order valence-corrected chi connectivity index (χ0v) is 16.8. The molecule has 0 aliphatic carbocycles. The number of halogens is 3. The van der Waals surface area contributed by atoms with Crippen molar-refractivity contribution in [2.45, 2.75) is 20.0 Å². The molecule has 0 saturated heterocycles. The minimum Gasteiger partial charge on any atom is -0.478 e. The molecule has 1 heterocycles. The molecule has 3 aromatic rings. The third-order valence-electron chi connectivity index (χ3n) is 4.41. The quantitative estimate of drug-likeness (QED) is 0.554. The fourth-order valence-corrected chi connectivity index (χ4v) is 3.35. The van der Waals surface area contributed by atoms with Gasteiger partial charge in [0.15, 0.2) is 5.78 Å². The van der Waals surface area contributed by atoms with Crippen molar-refractivity contribution in [1.82, 2.24) is 4.98 Å². The van der Waals surface area contributed by atoms with Gasteiger partial charge < -0.3 is 15.2 Å². The molecule has 1 aromatic heterocycles. The zero-order chi connectivity index (χ0) is 22.0. The Morgan fingerprint density at radius 3 is 2.50 bits per heavy atom. The number of pyridine rings is 1. The Hall–Kier alpha value is -3.26. The topological polar surface area (TPSA) is 91.5 Å². The number of hydrogen-bond donors (Lipinski definition) is 1. The van der Waals surface area contributed by atoms with Crippen LogP contribution in [0, 0.1) is 11.6 Å². The number of amides is 1. The van der Waals surface area contributed by atoms with Gasteiger partial charge >= 0.3 is 6.09 Å². The van der Waals surface area contributed by atoms with Crippen molar-refractivity contribution in [2.24, 2.45) is 5.73 Å². The molecule has 2 aromatic carbocycles. The van der Waals surface area contributed by atoms with Gasteiger partial charge in [-0.25, -0.2) is 18.6 Å². The minimum atomic E-state index is -1.11. The van der Waals surface area contributed by atoms with Gasteiger partial charge in [-0.3, -0.25) is 4.79 Å². The number of benzene rings is 2. The number of carbonyl (C=O) groups excluding carboxylic acids is 2. The average Bonchev–Trinajstić information content (AvgIpc) is 2.68. The number of hydrogen-bond acceptors (Lipinski definition) is 5. The van der Waals surface area contributed by atoms with E-state index in [1.54, 1.807) is 19.1 Å². The number of nitrogens with zero attached hydrogens (tertiary/aromatic N) is 1. The number of ether oxygens (including phenoxy) is 2. The molecule has 0 radical (unpaired) electrons. The molecule has 0 spiro atoms. The summed E-state index contributed by atoms with van der Waals surface area (Å²) in [5.41, 5.74) is 4.18. The van der Waals surface area contributed by atoms with E-state index in [2.05, 4.69) is 4.98 Å². The van der Waals surface area contributed by atoms with E-state index in [4.69, 9.17) is 26.8 Å². The first-order valence-electron chi connectivity index (χ1n) is 8.94. The number of ketones is 1. The SMILES string of the molecule is CCOc1ncc(Cl)c2c(C(=O)c3c(F)cc([C@H](C)OC(N)=O)cc3F)cccc12. The third kappa shape index (κ3) is 4.04. The Morgan fingerprint density at radius 2 is 1.90 bits per heavy atom. The van der Waals surface area contributed by atoms with E-state index in [9.17, 15) is 18.4 Å². The number of primary amides is 1. The lowest BCUT2D eigenvalue weighted by atomic mass is 9.95. The van der Waals surface area contributed by atoms with Crippen LogP contribution in [0.3, 0.4) is 0 Å². The van der Waals surface area contributed by atoms with Gasteiger partial charge in [0.25, 0.3) is 0 Å². The van der Waals surface area contributed by atoms with Crippen molar-refractivity contribution >= 4 is 34.2 Å². The monoisotopic (exact) mass is 434 g/mol. The largest absolute Gasteiger partial charge is 0.478 e. The van der Waals surface area contributed by atoms with E-state index in [1.165, 1.54) is 19.2 Å². The lowest BCUT2D eigenvalue weighted by Crippen LogP contribution is -2.16. The number of nitrogens with two attached hydrogens (primary N) is 1. The van der Waals surface area contributed by atoms with Gasteiger partial charge in [0.2, 0.25) is 5.88 Å². The van der Waals surface area contributed by atoms with Gasteiger partial charge in [0.05, 0.1) is 23.4 Å². The normalized spacial score (nSPS) is 11.9. The third-order valence-corrected chi connectivity index (χ3v) is 4.69. The number of fused-ring (bicyclic) bond motifs is 1. The molecule has 0 fully saturated rings. The van der Waals surface area contributed by atoms with Crippen LogP contribution in [0.15, 0.2) is 36.5 Å². The Kier molecular flexibility index (Phi) is 6.17. The van der Waals surface area contributed by atoms with E-state index >= 15 is 0 Å². The highest BCUT2D eigenvalue weighted by Gasteiger charge is 2.25. The van der Waals surface area contributed by atoms with Crippen LogP contribution in [-0.2, 0) is 4.74 Å². The van der Waals surface area contributed by atoms with Crippen LogP contribution in [0.25, 0.3) is 10.8 Å². The summed E-state index contributed by atoms with van der Waals surface area (Å²) in [4.78, 5) is 28.0. The second kappa shape index (κ2) is 8.62. The molecule has 2 N–H and O–H groups in total. The van der Waals surface area contributed by atoms with Crippen molar-refractivity contribution < 1.29 is 27.8 Å². The van der Waals surface area contributed by atoms with Crippen LogP contribution in [0.2, 0.25) is 5.02 Å². The highest BCUT2D eigenvalue weighted by atomic mass is 35.5. The molecule has 9 heteroatoms. The second-order valence-corrected chi connectivity index (χ2v) is 6.75.